The smallest absolute Gasteiger partial charge is 0.122 e. The van der Waals surface area contributed by atoms with Gasteiger partial charge in [-0.3, -0.25) is 0 Å². The van der Waals surface area contributed by atoms with Gasteiger partial charge in [-0.15, -0.1) is 0 Å². The molecule has 1 atom stereocenters. The molecule has 0 aliphatic carbocycles. The van der Waals surface area contributed by atoms with E-state index in [4.69, 9.17) is 15.7 Å². The Morgan fingerprint density at radius 1 is 1.38 bits per heavy atom. The average Bonchev–Trinajstić information content (AvgIpc) is 2.27. The van der Waals surface area contributed by atoms with Crippen molar-refractivity contribution in [3.05, 3.63) is 29.8 Å². The van der Waals surface area contributed by atoms with Gasteiger partial charge in [0.15, 0.2) is 0 Å². The fraction of sp³-hybridized carbons (Fsp3) is 0.462. The van der Waals surface area contributed by atoms with Crippen LogP contribution in [-0.4, -0.2) is 12.6 Å². The van der Waals surface area contributed by atoms with Crippen molar-refractivity contribution >= 4 is 0 Å². The van der Waals surface area contributed by atoms with Gasteiger partial charge in [-0.2, -0.15) is 5.26 Å². The molecule has 0 radical (unpaired) electrons. The molecule has 2 N–H and O–H groups in total. The molecule has 0 saturated heterocycles. The first kappa shape index (κ1) is 12.5. The average molecular weight is 218 g/mol. The van der Waals surface area contributed by atoms with Crippen molar-refractivity contribution in [2.24, 2.45) is 5.73 Å². The number of rotatable bonds is 5. The molecule has 0 bridgehead atoms. The standard InChI is InChI=1S/C13H18N2O/c1-10(2)12-5-3-4-6-13(12)16-9-11(15)7-8-14/h3-6,10-11H,7,9,15H2,1-2H3. The van der Waals surface area contributed by atoms with Crippen LogP contribution in [0.5, 0.6) is 5.75 Å². The van der Waals surface area contributed by atoms with Crippen molar-refractivity contribution in [2.45, 2.75) is 32.2 Å². The minimum Gasteiger partial charge on any atom is -0.492 e. The number of nitrogens with zero attached hydrogens (tertiary/aromatic N) is 1. The van der Waals surface area contributed by atoms with Gasteiger partial charge in [0, 0.05) is 0 Å². The minimum absolute atomic E-state index is 0.217. The van der Waals surface area contributed by atoms with Gasteiger partial charge in [-0.05, 0) is 17.5 Å². The van der Waals surface area contributed by atoms with E-state index >= 15 is 0 Å². The predicted molar refractivity (Wildman–Crippen MR) is 64.2 cm³/mol. The maximum Gasteiger partial charge on any atom is 0.122 e. The lowest BCUT2D eigenvalue weighted by Gasteiger charge is -2.15. The van der Waals surface area contributed by atoms with Crippen LogP contribution in [0, 0.1) is 11.3 Å². The molecular formula is C13H18N2O. The zero-order valence-corrected chi connectivity index (χ0v) is 9.81. The van der Waals surface area contributed by atoms with E-state index in [9.17, 15) is 0 Å². The highest BCUT2D eigenvalue weighted by molar-refractivity contribution is 5.35. The largest absolute Gasteiger partial charge is 0.492 e. The topological polar surface area (TPSA) is 59.0 Å². The summed E-state index contributed by atoms with van der Waals surface area (Å²) >= 11 is 0. The summed E-state index contributed by atoms with van der Waals surface area (Å²) in [4.78, 5) is 0. The van der Waals surface area contributed by atoms with E-state index in [0.29, 0.717) is 18.9 Å². The van der Waals surface area contributed by atoms with E-state index in [1.54, 1.807) is 0 Å². The second kappa shape index (κ2) is 6.14. The first-order chi connectivity index (χ1) is 7.65. The molecule has 0 aliphatic heterocycles. The summed E-state index contributed by atoms with van der Waals surface area (Å²) in [6.07, 6.45) is 0.323. The van der Waals surface area contributed by atoms with Gasteiger partial charge < -0.3 is 10.5 Å². The number of hydrogen-bond donors (Lipinski definition) is 1. The Hall–Kier alpha value is -1.53. The molecule has 1 rings (SSSR count). The van der Waals surface area contributed by atoms with Crippen LogP contribution in [0.1, 0.15) is 31.7 Å². The Morgan fingerprint density at radius 3 is 2.69 bits per heavy atom. The molecule has 0 aromatic heterocycles. The zero-order valence-electron chi connectivity index (χ0n) is 9.81. The van der Waals surface area contributed by atoms with E-state index in [1.165, 1.54) is 5.56 Å². The van der Waals surface area contributed by atoms with Crippen LogP contribution in [0.15, 0.2) is 24.3 Å². The molecule has 3 heteroatoms. The Kier molecular flexibility index (Phi) is 4.81. The quantitative estimate of drug-likeness (QED) is 0.825. The molecule has 1 unspecified atom stereocenters. The lowest BCUT2D eigenvalue weighted by molar-refractivity contribution is 0.286. The molecule has 3 nitrogen and oxygen atoms in total. The number of benzene rings is 1. The van der Waals surface area contributed by atoms with E-state index in [0.717, 1.165) is 5.75 Å². The monoisotopic (exact) mass is 218 g/mol. The molecule has 0 saturated carbocycles. The predicted octanol–water partition coefficient (Wildman–Crippen LogP) is 2.43. The fourth-order valence-electron chi connectivity index (χ4n) is 1.46. The van der Waals surface area contributed by atoms with Crippen LogP contribution in [0.3, 0.4) is 0 Å². The second-order valence-electron chi connectivity index (χ2n) is 4.13. The first-order valence-electron chi connectivity index (χ1n) is 5.49. The van der Waals surface area contributed by atoms with Crippen LogP contribution in [0.2, 0.25) is 0 Å². The Labute approximate surface area is 96.8 Å². The molecule has 86 valence electrons. The van der Waals surface area contributed by atoms with E-state index < -0.39 is 0 Å². The van der Waals surface area contributed by atoms with Crippen LogP contribution in [0.25, 0.3) is 0 Å². The molecule has 0 aliphatic rings. The lowest BCUT2D eigenvalue weighted by Crippen LogP contribution is -2.27. The molecule has 16 heavy (non-hydrogen) atoms. The Balaban J connectivity index is 2.63. The normalized spacial score (nSPS) is 12.2. The van der Waals surface area contributed by atoms with Gasteiger partial charge in [0.1, 0.15) is 12.4 Å². The van der Waals surface area contributed by atoms with Crippen molar-refractivity contribution in [3.8, 4) is 11.8 Å². The van der Waals surface area contributed by atoms with E-state index in [-0.39, 0.29) is 6.04 Å². The second-order valence-corrected chi connectivity index (χ2v) is 4.13. The lowest BCUT2D eigenvalue weighted by atomic mass is 10.0. The van der Waals surface area contributed by atoms with Crippen LogP contribution < -0.4 is 10.5 Å². The summed E-state index contributed by atoms with van der Waals surface area (Å²) in [6.45, 7) is 4.63. The van der Waals surface area contributed by atoms with Gasteiger partial charge >= 0.3 is 0 Å². The summed E-state index contributed by atoms with van der Waals surface area (Å²) in [5.74, 6) is 1.29. The highest BCUT2D eigenvalue weighted by Crippen LogP contribution is 2.25. The fourth-order valence-corrected chi connectivity index (χ4v) is 1.46. The van der Waals surface area contributed by atoms with Gasteiger partial charge in [0.25, 0.3) is 0 Å². The highest BCUT2D eigenvalue weighted by atomic mass is 16.5. The van der Waals surface area contributed by atoms with E-state index in [1.807, 2.05) is 24.3 Å². The van der Waals surface area contributed by atoms with Crippen molar-refractivity contribution < 1.29 is 4.74 Å². The SMILES string of the molecule is CC(C)c1ccccc1OCC(N)CC#N. The molecule has 0 fully saturated rings. The first-order valence-corrected chi connectivity index (χ1v) is 5.49. The van der Waals surface area contributed by atoms with Crippen LogP contribution in [-0.2, 0) is 0 Å². The number of ether oxygens (including phenoxy) is 1. The summed E-state index contributed by atoms with van der Waals surface area (Å²) in [5.41, 5.74) is 6.88. The van der Waals surface area contributed by atoms with Gasteiger partial charge in [0.2, 0.25) is 0 Å². The van der Waals surface area contributed by atoms with Gasteiger partial charge in [0.05, 0.1) is 18.5 Å². The highest BCUT2D eigenvalue weighted by Gasteiger charge is 2.08. The van der Waals surface area contributed by atoms with Crippen molar-refractivity contribution in [1.29, 1.82) is 5.26 Å². The van der Waals surface area contributed by atoms with Crippen molar-refractivity contribution in [3.63, 3.8) is 0 Å². The molecular weight excluding hydrogens is 200 g/mol. The third-order valence-electron chi connectivity index (χ3n) is 2.35. The third kappa shape index (κ3) is 3.56. The Bertz CT molecular complexity index is 368. The molecule has 0 spiro atoms. The molecule has 1 aromatic rings. The van der Waals surface area contributed by atoms with Gasteiger partial charge in [-0.25, -0.2) is 0 Å². The van der Waals surface area contributed by atoms with Crippen LogP contribution >= 0.6 is 0 Å². The number of para-hydroxylation sites is 1. The minimum atomic E-state index is -0.217. The summed E-state index contributed by atoms with van der Waals surface area (Å²) < 4.78 is 5.64. The molecule has 0 amide bonds. The van der Waals surface area contributed by atoms with Crippen molar-refractivity contribution in [1.82, 2.24) is 0 Å². The number of nitrogens with two attached hydrogens (primary N) is 1. The molecule has 0 heterocycles. The maximum absolute atomic E-state index is 8.49. The number of hydrogen-bond acceptors (Lipinski definition) is 3. The summed E-state index contributed by atoms with van der Waals surface area (Å²) in [5, 5.41) is 8.49. The Morgan fingerprint density at radius 2 is 2.06 bits per heavy atom. The molecule has 1 aromatic carbocycles. The summed E-state index contributed by atoms with van der Waals surface area (Å²) in [6, 6.07) is 9.75. The van der Waals surface area contributed by atoms with Gasteiger partial charge in [-0.1, -0.05) is 32.0 Å². The third-order valence-corrected chi connectivity index (χ3v) is 2.35. The summed E-state index contributed by atoms with van der Waals surface area (Å²) in [7, 11) is 0. The number of nitriles is 1. The van der Waals surface area contributed by atoms with Crippen LogP contribution in [0.4, 0.5) is 0 Å². The maximum atomic E-state index is 8.49. The van der Waals surface area contributed by atoms with E-state index in [2.05, 4.69) is 19.9 Å². The van der Waals surface area contributed by atoms with Crippen molar-refractivity contribution in [2.75, 3.05) is 6.61 Å². The zero-order chi connectivity index (χ0) is 12.0.